The molecular formula is C14H18N2O4. The van der Waals surface area contributed by atoms with E-state index in [2.05, 4.69) is 10.6 Å². The van der Waals surface area contributed by atoms with E-state index >= 15 is 0 Å². The van der Waals surface area contributed by atoms with Gasteiger partial charge in [-0.25, -0.2) is 0 Å². The number of carbonyl (C=O) groups is 1. The topological polar surface area (TPSA) is 68.8 Å². The van der Waals surface area contributed by atoms with Gasteiger partial charge in [-0.1, -0.05) is 0 Å². The fraction of sp³-hybridized carbons (Fsp3) is 0.500. The minimum Gasteiger partial charge on any atom is -0.454 e. The minimum atomic E-state index is -0.151. The van der Waals surface area contributed by atoms with Gasteiger partial charge in [0.1, 0.15) is 6.61 Å². The lowest BCUT2D eigenvalue weighted by molar-refractivity contribution is -0.123. The Morgan fingerprint density at radius 3 is 2.95 bits per heavy atom. The van der Waals surface area contributed by atoms with Crippen LogP contribution in [0.4, 0.5) is 5.69 Å². The van der Waals surface area contributed by atoms with Crippen molar-refractivity contribution >= 4 is 11.6 Å². The maximum Gasteiger partial charge on any atom is 0.250 e. The highest BCUT2D eigenvalue weighted by atomic mass is 16.7. The van der Waals surface area contributed by atoms with E-state index in [0.717, 1.165) is 25.9 Å². The molecule has 6 nitrogen and oxygen atoms in total. The smallest absolute Gasteiger partial charge is 0.250 e. The van der Waals surface area contributed by atoms with Gasteiger partial charge >= 0.3 is 0 Å². The fourth-order valence-corrected chi connectivity index (χ4v) is 2.33. The molecule has 0 aliphatic carbocycles. The summed E-state index contributed by atoms with van der Waals surface area (Å²) in [6, 6.07) is 5.33. The predicted molar refractivity (Wildman–Crippen MR) is 73.0 cm³/mol. The Labute approximate surface area is 117 Å². The third-order valence-corrected chi connectivity index (χ3v) is 3.39. The van der Waals surface area contributed by atoms with Crippen molar-refractivity contribution in [3.63, 3.8) is 0 Å². The van der Waals surface area contributed by atoms with Gasteiger partial charge in [-0.15, -0.1) is 0 Å². The maximum atomic E-state index is 11.8. The van der Waals surface area contributed by atoms with Gasteiger partial charge in [0, 0.05) is 11.8 Å². The van der Waals surface area contributed by atoms with E-state index in [-0.39, 0.29) is 25.4 Å². The molecule has 1 fully saturated rings. The van der Waals surface area contributed by atoms with E-state index in [0.29, 0.717) is 17.2 Å². The monoisotopic (exact) mass is 278 g/mol. The lowest BCUT2D eigenvalue weighted by Crippen LogP contribution is -2.34. The van der Waals surface area contributed by atoms with Crippen LogP contribution in [-0.2, 0) is 9.53 Å². The highest BCUT2D eigenvalue weighted by Gasteiger charge is 2.16. The molecule has 1 aromatic rings. The molecule has 108 valence electrons. The quantitative estimate of drug-likeness (QED) is 0.864. The Kier molecular flexibility index (Phi) is 4.03. The number of amides is 1. The SMILES string of the molecule is O=C(COC1CCNCC1)Nc1ccc2c(c1)OCO2. The van der Waals surface area contributed by atoms with Gasteiger partial charge in [0.25, 0.3) is 0 Å². The molecule has 3 rings (SSSR count). The summed E-state index contributed by atoms with van der Waals surface area (Å²) < 4.78 is 16.1. The Morgan fingerprint density at radius 2 is 2.10 bits per heavy atom. The summed E-state index contributed by atoms with van der Waals surface area (Å²) in [5.74, 6) is 1.21. The van der Waals surface area contributed by atoms with Crippen LogP contribution in [0.15, 0.2) is 18.2 Å². The first kappa shape index (κ1) is 13.2. The molecule has 0 atom stereocenters. The van der Waals surface area contributed by atoms with Crippen molar-refractivity contribution in [1.82, 2.24) is 5.32 Å². The molecular weight excluding hydrogens is 260 g/mol. The molecule has 1 amide bonds. The first-order chi connectivity index (χ1) is 9.81. The lowest BCUT2D eigenvalue weighted by Gasteiger charge is -2.22. The summed E-state index contributed by atoms with van der Waals surface area (Å²) in [6.07, 6.45) is 2.09. The largest absolute Gasteiger partial charge is 0.454 e. The summed E-state index contributed by atoms with van der Waals surface area (Å²) in [5, 5.41) is 6.06. The molecule has 1 saturated heterocycles. The standard InChI is InChI=1S/C14H18N2O4/c17-14(8-18-11-3-5-15-6-4-11)16-10-1-2-12-13(7-10)20-9-19-12/h1-2,7,11,15H,3-6,8-9H2,(H,16,17). The van der Waals surface area contributed by atoms with Crippen LogP contribution in [0.25, 0.3) is 0 Å². The summed E-state index contributed by atoms with van der Waals surface area (Å²) >= 11 is 0. The van der Waals surface area contributed by atoms with Crippen LogP contribution in [0, 0.1) is 0 Å². The third-order valence-electron chi connectivity index (χ3n) is 3.39. The third kappa shape index (κ3) is 3.20. The number of piperidine rings is 1. The Bertz CT molecular complexity index is 486. The van der Waals surface area contributed by atoms with Crippen molar-refractivity contribution in [2.45, 2.75) is 18.9 Å². The van der Waals surface area contributed by atoms with Gasteiger partial charge in [0.15, 0.2) is 11.5 Å². The van der Waals surface area contributed by atoms with Crippen molar-refractivity contribution in [2.24, 2.45) is 0 Å². The lowest BCUT2D eigenvalue weighted by atomic mass is 10.1. The van der Waals surface area contributed by atoms with Gasteiger partial charge in [0.2, 0.25) is 12.7 Å². The van der Waals surface area contributed by atoms with Gasteiger partial charge in [-0.3, -0.25) is 4.79 Å². The van der Waals surface area contributed by atoms with Gasteiger partial charge < -0.3 is 24.8 Å². The van der Waals surface area contributed by atoms with E-state index < -0.39 is 0 Å². The zero-order valence-corrected chi connectivity index (χ0v) is 11.2. The van der Waals surface area contributed by atoms with Gasteiger partial charge in [-0.2, -0.15) is 0 Å². The second kappa shape index (κ2) is 6.11. The minimum absolute atomic E-state index is 0.0824. The first-order valence-electron chi connectivity index (χ1n) is 6.83. The van der Waals surface area contributed by atoms with Crippen LogP contribution in [0.3, 0.4) is 0 Å². The molecule has 0 radical (unpaired) electrons. The zero-order chi connectivity index (χ0) is 13.8. The van der Waals surface area contributed by atoms with Crippen LogP contribution in [-0.4, -0.2) is 38.5 Å². The summed E-state index contributed by atoms with van der Waals surface area (Å²) in [5.41, 5.74) is 0.688. The van der Waals surface area contributed by atoms with Gasteiger partial charge in [0.05, 0.1) is 6.10 Å². The molecule has 1 aromatic carbocycles. The zero-order valence-electron chi connectivity index (χ0n) is 11.2. The molecule has 2 heterocycles. The van der Waals surface area contributed by atoms with Crippen molar-refractivity contribution in [2.75, 3.05) is 31.8 Å². The summed E-state index contributed by atoms with van der Waals surface area (Å²) in [7, 11) is 0. The molecule has 6 heteroatoms. The number of ether oxygens (including phenoxy) is 3. The van der Waals surface area contributed by atoms with Crippen molar-refractivity contribution < 1.29 is 19.0 Å². The molecule has 0 bridgehead atoms. The highest BCUT2D eigenvalue weighted by molar-refractivity contribution is 5.92. The van der Waals surface area contributed by atoms with Crippen LogP contribution in [0.5, 0.6) is 11.5 Å². The second-order valence-corrected chi connectivity index (χ2v) is 4.88. The van der Waals surface area contributed by atoms with E-state index in [1.165, 1.54) is 0 Å². The molecule has 2 aliphatic heterocycles. The summed E-state index contributed by atoms with van der Waals surface area (Å²) in [4.78, 5) is 11.8. The van der Waals surface area contributed by atoms with Crippen LogP contribution in [0.1, 0.15) is 12.8 Å². The first-order valence-corrected chi connectivity index (χ1v) is 6.83. The number of hydrogen-bond donors (Lipinski definition) is 2. The predicted octanol–water partition coefficient (Wildman–Crippen LogP) is 1.12. The van der Waals surface area contributed by atoms with Crippen LogP contribution in [0.2, 0.25) is 0 Å². The van der Waals surface area contributed by atoms with E-state index in [4.69, 9.17) is 14.2 Å². The average Bonchev–Trinajstić information content (AvgIpc) is 2.94. The van der Waals surface area contributed by atoms with E-state index in [1.54, 1.807) is 18.2 Å². The molecule has 20 heavy (non-hydrogen) atoms. The number of hydrogen-bond acceptors (Lipinski definition) is 5. The van der Waals surface area contributed by atoms with E-state index in [1.807, 2.05) is 0 Å². The normalized spacial score (nSPS) is 18.0. The highest BCUT2D eigenvalue weighted by Crippen LogP contribution is 2.34. The maximum absolute atomic E-state index is 11.8. The molecule has 2 aliphatic rings. The fourth-order valence-electron chi connectivity index (χ4n) is 2.33. The average molecular weight is 278 g/mol. The number of nitrogens with one attached hydrogen (secondary N) is 2. The summed E-state index contributed by atoms with van der Waals surface area (Å²) in [6.45, 7) is 2.22. The molecule has 0 spiro atoms. The Morgan fingerprint density at radius 1 is 1.30 bits per heavy atom. The number of anilines is 1. The van der Waals surface area contributed by atoms with E-state index in [9.17, 15) is 4.79 Å². The second-order valence-electron chi connectivity index (χ2n) is 4.88. The molecule has 2 N–H and O–H groups in total. The van der Waals surface area contributed by atoms with Crippen molar-refractivity contribution in [3.05, 3.63) is 18.2 Å². The molecule has 0 saturated carbocycles. The number of carbonyl (C=O) groups excluding carboxylic acids is 1. The van der Waals surface area contributed by atoms with Crippen LogP contribution < -0.4 is 20.1 Å². The Hall–Kier alpha value is -1.79. The Balaban J connectivity index is 1.48. The van der Waals surface area contributed by atoms with Crippen molar-refractivity contribution in [1.29, 1.82) is 0 Å². The molecule has 0 unspecified atom stereocenters. The number of benzene rings is 1. The number of rotatable bonds is 4. The number of fused-ring (bicyclic) bond motifs is 1. The van der Waals surface area contributed by atoms with Crippen LogP contribution >= 0.6 is 0 Å². The van der Waals surface area contributed by atoms with Crippen molar-refractivity contribution in [3.8, 4) is 11.5 Å². The van der Waals surface area contributed by atoms with Gasteiger partial charge in [-0.05, 0) is 38.1 Å². The molecule has 0 aromatic heterocycles.